The highest BCUT2D eigenvalue weighted by Gasteiger charge is 2.45. The molecule has 0 spiro atoms. The van der Waals surface area contributed by atoms with Gasteiger partial charge < -0.3 is 33.2 Å². The lowest BCUT2D eigenvalue weighted by Gasteiger charge is -2.25. The Bertz CT molecular complexity index is 1300. The maximum atomic E-state index is 13.6. The van der Waals surface area contributed by atoms with Crippen LogP contribution in [0.2, 0.25) is 0 Å². The molecule has 43 heavy (non-hydrogen) atoms. The molecule has 0 aromatic heterocycles. The zero-order valence-corrected chi connectivity index (χ0v) is 25.7. The van der Waals surface area contributed by atoms with Gasteiger partial charge in [-0.15, -0.1) is 0 Å². The van der Waals surface area contributed by atoms with Crippen molar-refractivity contribution < 1.29 is 42.7 Å². The van der Waals surface area contributed by atoms with Gasteiger partial charge in [-0.2, -0.15) is 0 Å². The van der Waals surface area contributed by atoms with Gasteiger partial charge in [-0.1, -0.05) is 50.3 Å². The smallest absolute Gasteiger partial charge is 0.342 e. The topological polar surface area (TPSA) is 98.8 Å². The quantitative estimate of drug-likeness (QED) is 0.196. The van der Waals surface area contributed by atoms with Crippen molar-refractivity contribution in [3.63, 3.8) is 0 Å². The molecule has 1 unspecified atom stereocenters. The second-order valence-corrected chi connectivity index (χ2v) is 11.2. The summed E-state index contributed by atoms with van der Waals surface area (Å²) in [5.74, 6) is -1.28. The fraction of sp³-hybridized carbons (Fsp3) is 0.471. The van der Waals surface area contributed by atoms with Crippen LogP contribution in [0.4, 0.5) is 0 Å². The van der Waals surface area contributed by atoms with Crippen LogP contribution in [0.1, 0.15) is 73.7 Å². The summed E-state index contributed by atoms with van der Waals surface area (Å²) in [7, 11) is 1.51. The second kappa shape index (κ2) is 14.7. The number of hydrogen-bond acceptors (Lipinski definition) is 9. The maximum absolute atomic E-state index is 13.6. The molecule has 2 heterocycles. The molecule has 1 saturated heterocycles. The van der Waals surface area contributed by atoms with Gasteiger partial charge in [-0.25, -0.2) is 9.59 Å². The highest BCUT2D eigenvalue weighted by molar-refractivity contribution is 5.97. The minimum atomic E-state index is -0.902. The molecular formula is C34H42O9. The first-order valence-corrected chi connectivity index (χ1v) is 14.7. The average Bonchev–Trinajstić information content (AvgIpc) is 3.30. The number of rotatable bonds is 8. The maximum Gasteiger partial charge on any atom is 0.342 e. The monoisotopic (exact) mass is 594 g/mol. The number of benzene rings is 2. The standard InChI is InChI=1S/C34H42O9/c1-7-18-38-26-19-25-14-11-15-28-31(43-34(4,5)42-28)27(41-32(35)24-12-9-8-10-13-24)17-16-22(2)23(3)40-33(36)30(25)29(20-26)39-21-37-6/h8-14,16-17,19-20,22-23,27-28,31H,7,15,18,21H2,1-6H3/b14-11?,17-16-/t22-,23+,27?,28+,31-/m1/s1. The number of ether oxygens (including phenoxy) is 7. The molecule has 0 radical (unpaired) electrons. The minimum absolute atomic E-state index is 0.0531. The van der Waals surface area contributed by atoms with Crippen molar-refractivity contribution in [2.24, 2.45) is 5.92 Å². The number of methoxy groups -OCH3 is 1. The summed E-state index contributed by atoms with van der Waals surface area (Å²) in [4.78, 5) is 26.7. The Labute approximate surface area is 253 Å². The highest BCUT2D eigenvalue weighted by Crippen LogP contribution is 2.36. The summed E-state index contributed by atoms with van der Waals surface area (Å²) >= 11 is 0. The fourth-order valence-electron chi connectivity index (χ4n) is 4.91. The molecule has 9 heteroatoms. The molecule has 0 N–H and O–H groups in total. The highest BCUT2D eigenvalue weighted by atomic mass is 16.8. The summed E-state index contributed by atoms with van der Waals surface area (Å²) in [5, 5.41) is 0. The molecule has 2 aliphatic heterocycles. The first-order chi connectivity index (χ1) is 20.6. The normalized spacial score (nSPS) is 25.9. The number of hydrogen-bond donors (Lipinski definition) is 0. The average molecular weight is 595 g/mol. The number of esters is 2. The van der Waals surface area contributed by atoms with Crippen LogP contribution in [0.25, 0.3) is 6.08 Å². The van der Waals surface area contributed by atoms with Gasteiger partial charge in [-0.05, 0) is 63.5 Å². The third kappa shape index (κ3) is 8.46. The summed E-state index contributed by atoms with van der Waals surface area (Å²) in [6.07, 6.45) is 6.32. The fourth-order valence-corrected chi connectivity index (χ4v) is 4.91. The van der Waals surface area contributed by atoms with E-state index in [0.717, 1.165) is 6.42 Å². The first kappa shape index (κ1) is 32.3. The Morgan fingerprint density at radius 1 is 1.05 bits per heavy atom. The van der Waals surface area contributed by atoms with Crippen molar-refractivity contribution in [1.29, 1.82) is 0 Å². The molecule has 2 aliphatic rings. The summed E-state index contributed by atoms with van der Waals surface area (Å²) in [5.41, 5.74) is 1.27. The zero-order chi connectivity index (χ0) is 31.0. The Morgan fingerprint density at radius 2 is 1.81 bits per heavy atom. The van der Waals surface area contributed by atoms with Gasteiger partial charge in [-0.3, -0.25) is 0 Å². The zero-order valence-electron chi connectivity index (χ0n) is 25.7. The lowest BCUT2D eigenvalue weighted by molar-refractivity contribution is -0.152. The van der Waals surface area contributed by atoms with Crippen LogP contribution in [-0.2, 0) is 23.7 Å². The van der Waals surface area contributed by atoms with Crippen LogP contribution in [0, 0.1) is 5.92 Å². The van der Waals surface area contributed by atoms with E-state index in [9.17, 15) is 9.59 Å². The predicted octanol–water partition coefficient (Wildman–Crippen LogP) is 6.36. The molecule has 232 valence electrons. The number of carbonyl (C=O) groups excluding carboxylic acids is 2. The predicted molar refractivity (Wildman–Crippen MR) is 161 cm³/mol. The van der Waals surface area contributed by atoms with E-state index in [1.807, 2.05) is 58.9 Å². The van der Waals surface area contributed by atoms with Crippen molar-refractivity contribution in [3.8, 4) is 11.5 Å². The molecule has 0 aliphatic carbocycles. The van der Waals surface area contributed by atoms with E-state index in [-0.39, 0.29) is 18.3 Å². The van der Waals surface area contributed by atoms with Crippen molar-refractivity contribution in [3.05, 3.63) is 77.4 Å². The van der Waals surface area contributed by atoms with Gasteiger partial charge in [0.25, 0.3) is 0 Å². The van der Waals surface area contributed by atoms with Crippen molar-refractivity contribution in [1.82, 2.24) is 0 Å². The van der Waals surface area contributed by atoms with E-state index in [1.165, 1.54) is 7.11 Å². The summed E-state index contributed by atoms with van der Waals surface area (Å²) < 4.78 is 41.4. The molecule has 4 rings (SSSR count). The first-order valence-electron chi connectivity index (χ1n) is 14.7. The molecule has 0 saturated carbocycles. The molecule has 5 atom stereocenters. The van der Waals surface area contributed by atoms with Gasteiger partial charge in [0.05, 0.1) is 18.3 Å². The molecule has 2 aromatic carbocycles. The number of fused-ring (bicyclic) bond motifs is 2. The Kier molecular flexibility index (Phi) is 11.0. The lowest BCUT2D eigenvalue weighted by atomic mass is 9.98. The molecule has 0 bridgehead atoms. The van der Waals surface area contributed by atoms with E-state index in [4.69, 9.17) is 33.2 Å². The van der Waals surface area contributed by atoms with Crippen molar-refractivity contribution in [2.75, 3.05) is 20.5 Å². The van der Waals surface area contributed by atoms with E-state index < -0.39 is 42.1 Å². The molecule has 1 fully saturated rings. The summed E-state index contributed by atoms with van der Waals surface area (Å²) in [6.45, 7) is 9.88. The van der Waals surface area contributed by atoms with E-state index in [2.05, 4.69) is 0 Å². The largest absolute Gasteiger partial charge is 0.493 e. The third-order valence-corrected chi connectivity index (χ3v) is 7.22. The van der Waals surface area contributed by atoms with E-state index in [1.54, 1.807) is 42.5 Å². The third-order valence-electron chi connectivity index (χ3n) is 7.22. The lowest BCUT2D eigenvalue weighted by Crippen LogP contribution is -2.37. The summed E-state index contributed by atoms with van der Waals surface area (Å²) in [6, 6.07) is 12.3. The Morgan fingerprint density at radius 3 is 2.53 bits per heavy atom. The van der Waals surface area contributed by atoms with Crippen LogP contribution in [0.15, 0.2) is 60.7 Å². The molecule has 2 aromatic rings. The van der Waals surface area contributed by atoms with Crippen LogP contribution >= 0.6 is 0 Å². The van der Waals surface area contributed by atoms with Gasteiger partial charge >= 0.3 is 11.9 Å². The van der Waals surface area contributed by atoms with Gasteiger partial charge in [0.1, 0.15) is 35.4 Å². The van der Waals surface area contributed by atoms with Crippen LogP contribution in [0.3, 0.4) is 0 Å². The van der Waals surface area contributed by atoms with Crippen LogP contribution in [0.5, 0.6) is 11.5 Å². The molecule has 0 amide bonds. The van der Waals surface area contributed by atoms with Gasteiger partial charge in [0.2, 0.25) is 0 Å². The van der Waals surface area contributed by atoms with Gasteiger partial charge in [0, 0.05) is 19.1 Å². The Balaban J connectivity index is 1.74. The van der Waals surface area contributed by atoms with Crippen LogP contribution < -0.4 is 9.47 Å². The molecular weight excluding hydrogens is 552 g/mol. The van der Waals surface area contributed by atoms with Crippen LogP contribution in [-0.4, -0.2) is 62.7 Å². The Hall–Kier alpha value is -3.66. The van der Waals surface area contributed by atoms with Gasteiger partial charge in [0.15, 0.2) is 12.6 Å². The SMILES string of the molecule is CCCOc1cc2c(c(OCOC)c1)C(=O)O[C@@H](C)[C@H](C)/C=C\C(OC(=O)c1ccccc1)[C@H]1OC(C)(C)O[C@H]1CC=C2. The van der Waals surface area contributed by atoms with E-state index in [0.29, 0.717) is 35.7 Å². The van der Waals surface area contributed by atoms with Crippen molar-refractivity contribution in [2.45, 2.75) is 77.7 Å². The van der Waals surface area contributed by atoms with Crippen molar-refractivity contribution >= 4 is 18.0 Å². The van der Waals surface area contributed by atoms with E-state index >= 15 is 0 Å². The number of carbonyl (C=O) groups is 2. The minimum Gasteiger partial charge on any atom is -0.493 e. The number of cyclic esters (lactones) is 1. The second-order valence-electron chi connectivity index (χ2n) is 11.2. The molecule has 9 nitrogen and oxygen atoms in total.